The summed E-state index contributed by atoms with van der Waals surface area (Å²) in [6, 6.07) is 4.57. The first-order valence-electron chi connectivity index (χ1n) is 10.5. The quantitative estimate of drug-likeness (QED) is 0.536. The van der Waals surface area contributed by atoms with Crippen LogP contribution < -0.4 is 0 Å². The van der Waals surface area contributed by atoms with Crippen molar-refractivity contribution in [2.45, 2.75) is 39.7 Å². The van der Waals surface area contributed by atoms with Crippen LogP contribution in [0.2, 0.25) is 0 Å². The highest BCUT2D eigenvalue weighted by atomic mass is 19.3. The minimum Gasteiger partial charge on any atom is -0.466 e. The van der Waals surface area contributed by atoms with Crippen molar-refractivity contribution in [3.63, 3.8) is 0 Å². The molecule has 1 amide bonds. The SMILES string of the molecule is CCOC(=O)C1CCCN(C(=O)Cn2nc(C)c3c(C(F)F)cc(-c4ccco4)nc32)C1. The summed E-state index contributed by atoms with van der Waals surface area (Å²) in [6.45, 7) is 4.26. The number of amides is 1. The Hall–Kier alpha value is -3.30. The van der Waals surface area contributed by atoms with Crippen molar-refractivity contribution in [1.29, 1.82) is 0 Å². The third kappa shape index (κ3) is 4.21. The zero-order valence-electron chi connectivity index (χ0n) is 17.9. The van der Waals surface area contributed by atoms with E-state index < -0.39 is 6.43 Å². The second-order valence-corrected chi connectivity index (χ2v) is 7.75. The molecule has 1 aliphatic rings. The Morgan fingerprint density at radius 3 is 2.88 bits per heavy atom. The van der Waals surface area contributed by atoms with Gasteiger partial charge in [-0.15, -0.1) is 0 Å². The van der Waals surface area contributed by atoms with E-state index in [4.69, 9.17) is 9.15 Å². The summed E-state index contributed by atoms with van der Waals surface area (Å²) in [4.78, 5) is 31.2. The minimum absolute atomic E-state index is 0.169. The van der Waals surface area contributed by atoms with Crippen LogP contribution in [0.4, 0.5) is 8.78 Å². The van der Waals surface area contributed by atoms with Gasteiger partial charge in [0.2, 0.25) is 5.91 Å². The number of furan rings is 1. The van der Waals surface area contributed by atoms with Crippen LogP contribution in [0.25, 0.3) is 22.5 Å². The lowest BCUT2D eigenvalue weighted by Crippen LogP contribution is -2.44. The molecule has 32 heavy (non-hydrogen) atoms. The van der Waals surface area contributed by atoms with E-state index in [9.17, 15) is 18.4 Å². The highest BCUT2D eigenvalue weighted by Gasteiger charge is 2.30. The normalized spacial score (nSPS) is 16.7. The van der Waals surface area contributed by atoms with Crippen molar-refractivity contribution in [1.82, 2.24) is 19.7 Å². The number of ether oxygens (including phenoxy) is 1. The van der Waals surface area contributed by atoms with Crippen LogP contribution in [0.5, 0.6) is 0 Å². The molecule has 0 saturated carbocycles. The molecule has 10 heteroatoms. The van der Waals surface area contributed by atoms with E-state index in [0.717, 1.165) is 0 Å². The molecule has 1 atom stereocenters. The van der Waals surface area contributed by atoms with Crippen LogP contribution in [-0.4, -0.2) is 51.2 Å². The molecule has 3 aromatic rings. The van der Waals surface area contributed by atoms with Crippen LogP contribution in [0, 0.1) is 12.8 Å². The molecule has 0 radical (unpaired) electrons. The van der Waals surface area contributed by atoms with Gasteiger partial charge in [-0.25, -0.2) is 18.4 Å². The van der Waals surface area contributed by atoms with Gasteiger partial charge < -0.3 is 14.1 Å². The number of alkyl halides is 2. The molecule has 0 aliphatic carbocycles. The minimum atomic E-state index is -2.74. The summed E-state index contributed by atoms with van der Waals surface area (Å²) in [5.74, 6) is -0.583. The molecule has 8 nitrogen and oxygen atoms in total. The number of hydrogen-bond acceptors (Lipinski definition) is 6. The third-order valence-electron chi connectivity index (χ3n) is 5.60. The number of piperidine rings is 1. The molecule has 4 rings (SSSR count). The predicted molar refractivity (Wildman–Crippen MR) is 111 cm³/mol. The number of hydrogen-bond donors (Lipinski definition) is 0. The Morgan fingerprint density at radius 1 is 1.38 bits per heavy atom. The summed E-state index contributed by atoms with van der Waals surface area (Å²) in [6.07, 6.45) is 0.0442. The zero-order chi connectivity index (χ0) is 22.8. The topological polar surface area (TPSA) is 90.5 Å². The monoisotopic (exact) mass is 446 g/mol. The summed E-state index contributed by atoms with van der Waals surface area (Å²) in [7, 11) is 0. The smallest absolute Gasteiger partial charge is 0.310 e. The van der Waals surface area contributed by atoms with Crippen molar-refractivity contribution in [2.24, 2.45) is 5.92 Å². The largest absolute Gasteiger partial charge is 0.466 e. The van der Waals surface area contributed by atoms with Crippen molar-refractivity contribution in [3.8, 4) is 11.5 Å². The maximum Gasteiger partial charge on any atom is 0.310 e. The van der Waals surface area contributed by atoms with E-state index in [-0.39, 0.29) is 59.8 Å². The van der Waals surface area contributed by atoms with Gasteiger partial charge in [0.1, 0.15) is 12.2 Å². The number of aromatic nitrogens is 3. The molecule has 4 heterocycles. The summed E-state index contributed by atoms with van der Waals surface area (Å²) >= 11 is 0. The Bertz CT molecular complexity index is 1130. The van der Waals surface area contributed by atoms with Gasteiger partial charge in [0.05, 0.1) is 29.9 Å². The summed E-state index contributed by atoms with van der Waals surface area (Å²) < 4.78 is 39.4. The van der Waals surface area contributed by atoms with Gasteiger partial charge in [0.25, 0.3) is 6.43 Å². The van der Waals surface area contributed by atoms with E-state index in [1.54, 1.807) is 30.9 Å². The number of rotatable bonds is 6. The highest BCUT2D eigenvalue weighted by molar-refractivity contribution is 5.86. The molecule has 1 aliphatic heterocycles. The molecular formula is C22H24F2N4O4. The second kappa shape index (κ2) is 9.05. The van der Waals surface area contributed by atoms with E-state index in [1.165, 1.54) is 17.0 Å². The van der Waals surface area contributed by atoms with Crippen molar-refractivity contribution < 1.29 is 27.5 Å². The number of esters is 1. The Morgan fingerprint density at radius 2 is 2.19 bits per heavy atom. The zero-order valence-corrected chi connectivity index (χ0v) is 17.9. The number of nitrogens with zero attached hydrogens (tertiary/aromatic N) is 4. The lowest BCUT2D eigenvalue weighted by atomic mass is 9.98. The molecule has 1 fully saturated rings. The Labute approximate surface area is 183 Å². The van der Waals surface area contributed by atoms with Gasteiger partial charge in [-0.2, -0.15) is 5.10 Å². The van der Waals surface area contributed by atoms with Crippen molar-refractivity contribution in [2.75, 3.05) is 19.7 Å². The molecule has 1 saturated heterocycles. The number of halogens is 2. The van der Waals surface area contributed by atoms with Gasteiger partial charge in [-0.1, -0.05) is 0 Å². The molecule has 0 N–H and O–H groups in total. The second-order valence-electron chi connectivity index (χ2n) is 7.75. The third-order valence-corrected chi connectivity index (χ3v) is 5.60. The van der Waals surface area contributed by atoms with Gasteiger partial charge in [0.15, 0.2) is 11.4 Å². The van der Waals surface area contributed by atoms with E-state index in [1.807, 2.05) is 0 Å². The number of pyridine rings is 1. The lowest BCUT2D eigenvalue weighted by Gasteiger charge is -2.31. The summed E-state index contributed by atoms with van der Waals surface area (Å²) in [5.41, 5.74) is 0.591. The average Bonchev–Trinajstić information content (AvgIpc) is 3.42. The van der Waals surface area contributed by atoms with Gasteiger partial charge in [-0.3, -0.25) is 9.59 Å². The van der Waals surface area contributed by atoms with Gasteiger partial charge >= 0.3 is 5.97 Å². The van der Waals surface area contributed by atoms with Crippen molar-refractivity contribution >= 4 is 22.9 Å². The fraction of sp³-hybridized carbons (Fsp3) is 0.455. The number of likely N-dealkylation sites (tertiary alicyclic amines) is 1. The highest BCUT2D eigenvalue weighted by Crippen LogP contribution is 2.33. The van der Waals surface area contributed by atoms with Gasteiger partial charge in [0, 0.05) is 18.7 Å². The Kier molecular flexibility index (Phi) is 6.20. The fourth-order valence-corrected chi connectivity index (χ4v) is 4.10. The molecular weight excluding hydrogens is 422 g/mol. The van der Waals surface area contributed by atoms with Crippen LogP contribution in [-0.2, 0) is 20.9 Å². The maximum absolute atomic E-state index is 13.8. The van der Waals surface area contributed by atoms with Crippen LogP contribution in [0.1, 0.15) is 37.4 Å². The molecule has 3 aromatic heterocycles. The predicted octanol–water partition coefficient (Wildman–Crippen LogP) is 3.74. The van der Waals surface area contributed by atoms with Crippen LogP contribution >= 0.6 is 0 Å². The average molecular weight is 446 g/mol. The van der Waals surface area contributed by atoms with Gasteiger partial charge in [-0.05, 0) is 44.9 Å². The first-order chi connectivity index (χ1) is 15.4. The number of carbonyl (C=O) groups is 2. The molecule has 170 valence electrons. The Balaban J connectivity index is 1.64. The number of aryl methyl sites for hydroxylation is 1. The van der Waals surface area contributed by atoms with Crippen LogP contribution in [0.15, 0.2) is 28.9 Å². The molecule has 1 unspecified atom stereocenters. The molecule has 0 aromatic carbocycles. The van der Waals surface area contributed by atoms with Crippen molar-refractivity contribution in [3.05, 3.63) is 35.7 Å². The maximum atomic E-state index is 13.8. The van der Waals surface area contributed by atoms with E-state index in [0.29, 0.717) is 30.8 Å². The first kappa shape index (κ1) is 21.9. The molecule has 0 bridgehead atoms. The van der Waals surface area contributed by atoms with E-state index >= 15 is 0 Å². The molecule has 0 spiro atoms. The summed E-state index contributed by atoms with van der Waals surface area (Å²) in [5, 5.41) is 4.55. The standard InChI is InChI=1S/C22H24F2N4O4/c1-3-31-22(30)14-6-4-8-27(11-14)18(29)12-28-21-19(13(2)26-28)15(20(23)24)10-16(25-21)17-7-5-9-32-17/h5,7,9-10,14,20H,3-4,6,8,11-12H2,1-2H3. The lowest BCUT2D eigenvalue weighted by molar-refractivity contribution is -0.151. The number of carbonyl (C=O) groups excluding carboxylic acids is 2. The fourth-order valence-electron chi connectivity index (χ4n) is 4.10. The van der Waals surface area contributed by atoms with E-state index in [2.05, 4.69) is 10.1 Å². The van der Waals surface area contributed by atoms with Crippen LogP contribution in [0.3, 0.4) is 0 Å². The number of fused-ring (bicyclic) bond motifs is 1. The first-order valence-corrected chi connectivity index (χ1v) is 10.5.